The molecule has 1 aromatic heterocycles. The SMILES string of the molecule is C=CCOc1cccnc1C(=O)NCC(O)CC(C)C. The average molecular weight is 278 g/mol. The first-order valence-electron chi connectivity index (χ1n) is 6.69. The second-order valence-electron chi connectivity index (χ2n) is 4.94. The molecule has 5 heteroatoms. The van der Waals surface area contributed by atoms with Crippen LogP contribution in [0.2, 0.25) is 0 Å². The van der Waals surface area contributed by atoms with Crippen LogP contribution in [-0.2, 0) is 0 Å². The number of nitrogens with zero attached hydrogens (tertiary/aromatic N) is 1. The van der Waals surface area contributed by atoms with E-state index in [9.17, 15) is 9.90 Å². The van der Waals surface area contributed by atoms with E-state index in [1.807, 2.05) is 13.8 Å². The maximum absolute atomic E-state index is 12.0. The largest absolute Gasteiger partial charge is 0.487 e. The second-order valence-corrected chi connectivity index (χ2v) is 4.94. The number of carbonyl (C=O) groups is 1. The summed E-state index contributed by atoms with van der Waals surface area (Å²) in [7, 11) is 0. The summed E-state index contributed by atoms with van der Waals surface area (Å²) < 4.78 is 5.37. The Morgan fingerprint density at radius 2 is 2.35 bits per heavy atom. The van der Waals surface area contributed by atoms with Gasteiger partial charge in [-0.05, 0) is 24.5 Å². The van der Waals surface area contributed by atoms with Gasteiger partial charge in [-0.2, -0.15) is 0 Å². The topological polar surface area (TPSA) is 71.5 Å². The number of pyridine rings is 1. The first-order valence-corrected chi connectivity index (χ1v) is 6.69. The third-order valence-electron chi connectivity index (χ3n) is 2.58. The standard InChI is InChI=1S/C15H22N2O3/c1-4-8-20-13-6-5-7-16-14(13)15(19)17-10-12(18)9-11(2)3/h4-7,11-12,18H,1,8-10H2,2-3H3,(H,17,19). The summed E-state index contributed by atoms with van der Waals surface area (Å²) in [5.74, 6) is 0.430. The van der Waals surface area contributed by atoms with Gasteiger partial charge >= 0.3 is 0 Å². The number of hydrogen-bond acceptors (Lipinski definition) is 4. The molecular weight excluding hydrogens is 256 g/mol. The van der Waals surface area contributed by atoms with Crippen LogP contribution in [0.3, 0.4) is 0 Å². The minimum Gasteiger partial charge on any atom is -0.487 e. The van der Waals surface area contributed by atoms with E-state index in [0.29, 0.717) is 24.7 Å². The molecule has 1 atom stereocenters. The highest BCUT2D eigenvalue weighted by molar-refractivity contribution is 5.94. The van der Waals surface area contributed by atoms with Crippen molar-refractivity contribution < 1.29 is 14.6 Å². The van der Waals surface area contributed by atoms with Crippen LogP contribution < -0.4 is 10.1 Å². The van der Waals surface area contributed by atoms with Crippen molar-refractivity contribution in [3.63, 3.8) is 0 Å². The Kier molecular flexibility index (Phi) is 6.73. The number of aromatic nitrogens is 1. The van der Waals surface area contributed by atoms with Gasteiger partial charge in [-0.3, -0.25) is 4.79 Å². The molecule has 0 saturated carbocycles. The average Bonchev–Trinajstić information content (AvgIpc) is 2.42. The summed E-state index contributed by atoms with van der Waals surface area (Å²) >= 11 is 0. The molecule has 0 spiro atoms. The van der Waals surface area contributed by atoms with Gasteiger partial charge in [-0.1, -0.05) is 26.5 Å². The Morgan fingerprint density at radius 1 is 1.60 bits per heavy atom. The number of amides is 1. The van der Waals surface area contributed by atoms with E-state index in [-0.39, 0.29) is 18.1 Å². The van der Waals surface area contributed by atoms with Crippen LogP contribution in [0.25, 0.3) is 0 Å². The molecule has 2 N–H and O–H groups in total. The zero-order valence-corrected chi connectivity index (χ0v) is 12.0. The van der Waals surface area contributed by atoms with Crippen molar-refractivity contribution in [2.75, 3.05) is 13.2 Å². The number of ether oxygens (including phenoxy) is 1. The minimum atomic E-state index is -0.555. The normalized spacial score (nSPS) is 12.0. The molecule has 0 aliphatic rings. The van der Waals surface area contributed by atoms with Crippen molar-refractivity contribution in [1.82, 2.24) is 10.3 Å². The lowest BCUT2D eigenvalue weighted by atomic mass is 10.1. The Morgan fingerprint density at radius 3 is 3.00 bits per heavy atom. The Labute approximate surface area is 119 Å². The molecule has 20 heavy (non-hydrogen) atoms. The van der Waals surface area contributed by atoms with E-state index in [1.165, 1.54) is 6.20 Å². The van der Waals surface area contributed by atoms with E-state index in [1.54, 1.807) is 18.2 Å². The molecule has 0 radical (unpaired) electrons. The van der Waals surface area contributed by atoms with Gasteiger partial charge in [0.2, 0.25) is 0 Å². The Balaban J connectivity index is 2.60. The van der Waals surface area contributed by atoms with E-state index >= 15 is 0 Å². The predicted octanol–water partition coefficient (Wildman–Crippen LogP) is 1.78. The van der Waals surface area contributed by atoms with Crippen LogP contribution in [0.1, 0.15) is 30.8 Å². The fraction of sp³-hybridized carbons (Fsp3) is 0.467. The van der Waals surface area contributed by atoms with Crippen LogP contribution in [0.4, 0.5) is 0 Å². The molecule has 0 aliphatic carbocycles. The predicted molar refractivity (Wildman–Crippen MR) is 77.7 cm³/mol. The maximum Gasteiger partial charge on any atom is 0.273 e. The van der Waals surface area contributed by atoms with Crippen LogP contribution in [0.15, 0.2) is 31.0 Å². The molecule has 1 amide bonds. The maximum atomic E-state index is 12.0. The lowest BCUT2D eigenvalue weighted by Crippen LogP contribution is -2.33. The molecule has 0 bridgehead atoms. The molecule has 1 aromatic rings. The van der Waals surface area contributed by atoms with Gasteiger partial charge < -0.3 is 15.2 Å². The summed E-state index contributed by atoms with van der Waals surface area (Å²) in [6.45, 7) is 8.11. The number of hydrogen-bond donors (Lipinski definition) is 2. The third-order valence-corrected chi connectivity index (χ3v) is 2.58. The van der Waals surface area contributed by atoms with Crippen molar-refractivity contribution in [3.05, 3.63) is 36.7 Å². The zero-order valence-electron chi connectivity index (χ0n) is 12.0. The summed E-state index contributed by atoms with van der Waals surface area (Å²) in [6, 6.07) is 3.37. The van der Waals surface area contributed by atoms with Gasteiger partial charge in [-0.15, -0.1) is 0 Å². The molecule has 1 rings (SSSR count). The molecule has 1 unspecified atom stereocenters. The van der Waals surface area contributed by atoms with Crippen LogP contribution in [0.5, 0.6) is 5.75 Å². The lowest BCUT2D eigenvalue weighted by molar-refractivity contribution is 0.0891. The summed E-state index contributed by atoms with van der Waals surface area (Å²) in [5, 5.41) is 12.4. The first-order chi connectivity index (χ1) is 9.54. The zero-order chi connectivity index (χ0) is 15.0. The van der Waals surface area contributed by atoms with Crippen LogP contribution in [-0.4, -0.2) is 35.3 Å². The molecule has 1 heterocycles. The van der Waals surface area contributed by atoms with Gasteiger partial charge in [0.1, 0.15) is 6.61 Å². The number of rotatable bonds is 8. The van der Waals surface area contributed by atoms with Gasteiger partial charge in [0, 0.05) is 12.7 Å². The smallest absolute Gasteiger partial charge is 0.273 e. The second kappa shape index (κ2) is 8.32. The summed E-state index contributed by atoms with van der Waals surface area (Å²) in [4.78, 5) is 16.0. The molecule has 0 saturated heterocycles. The minimum absolute atomic E-state index is 0.203. The van der Waals surface area contributed by atoms with E-state index < -0.39 is 6.10 Å². The molecule has 5 nitrogen and oxygen atoms in total. The number of aliphatic hydroxyl groups excluding tert-OH is 1. The molecular formula is C15H22N2O3. The van der Waals surface area contributed by atoms with Crippen molar-refractivity contribution >= 4 is 5.91 Å². The van der Waals surface area contributed by atoms with Gasteiger partial charge in [0.15, 0.2) is 11.4 Å². The molecule has 0 fully saturated rings. The van der Waals surface area contributed by atoms with Gasteiger partial charge in [0.25, 0.3) is 5.91 Å². The van der Waals surface area contributed by atoms with E-state index in [2.05, 4.69) is 16.9 Å². The highest BCUT2D eigenvalue weighted by Gasteiger charge is 2.15. The quantitative estimate of drug-likeness (QED) is 0.711. The van der Waals surface area contributed by atoms with Crippen molar-refractivity contribution in [1.29, 1.82) is 0 Å². The van der Waals surface area contributed by atoms with Gasteiger partial charge in [0.05, 0.1) is 6.10 Å². The fourth-order valence-corrected chi connectivity index (χ4v) is 1.75. The van der Waals surface area contributed by atoms with Crippen molar-refractivity contribution in [3.8, 4) is 5.75 Å². The molecule has 110 valence electrons. The highest BCUT2D eigenvalue weighted by Crippen LogP contribution is 2.15. The Hall–Kier alpha value is -1.88. The lowest BCUT2D eigenvalue weighted by Gasteiger charge is -2.14. The first kappa shape index (κ1) is 16.2. The number of nitrogens with one attached hydrogen (secondary N) is 1. The molecule has 0 aliphatic heterocycles. The van der Waals surface area contributed by atoms with Crippen molar-refractivity contribution in [2.24, 2.45) is 5.92 Å². The highest BCUT2D eigenvalue weighted by atomic mass is 16.5. The summed E-state index contributed by atoms with van der Waals surface area (Å²) in [5.41, 5.74) is 0.214. The van der Waals surface area contributed by atoms with Gasteiger partial charge in [-0.25, -0.2) is 4.98 Å². The summed E-state index contributed by atoms with van der Waals surface area (Å²) in [6.07, 6.45) is 3.21. The fourth-order valence-electron chi connectivity index (χ4n) is 1.75. The van der Waals surface area contributed by atoms with Crippen LogP contribution in [0, 0.1) is 5.92 Å². The van der Waals surface area contributed by atoms with E-state index in [4.69, 9.17) is 4.74 Å². The van der Waals surface area contributed by atoms with Crippen molar-refractivity contribution in [2.45, 2.75) is 26.4 Å². The third kappa shape index (κ3) is 5.40. The van der Waals surface area contributed by atoms with E-state index in [0.717, 1.165) is 0 Å². The number of aliphatic hydroxyl groups is 1. The monoisotopic (exact) mass is 278 g/mol. The number of carbonyl (C=O) groups excluding carboxylic acids is 1. The molecule has 0 aromatic carbocycles. The van der Waals surface area contributed by atoms with Crippen LogP contribution >= 0.6 is 0 Å². The Bertz CT molecular complexity index is 446.